The summed E-state index contributed by atoms with van der Waals surface area (Å²) in [6.45, 7) is 14.8. The van der Waals surface area contributed by atoms with Gasteiger partial charge in [0, 0.05) is 31.2 Å². The maximum atomic E-state index is 3.76. The molecular weight excluding hydrogens is 256 g/mol. The van der Waals surface area contributed by atoms with Crippen molar-refractivity contribution < 1.29 is 0 Å². The average Bonchev–Trinajstić information content (AvgIpc) is 2.42. The molecule has 0 amide bonds. The van der Waals surface area contributed by atoms with E-state index in [0.29, 0.717) is 6.04 Å². The highest BCUT2D eigenvalue weighted by Gasteiger charge is 2.35. The van der Waals surface area contributed by atoms with Crippen molar-refractivity contribution in [2.24, 2.45) is 0 Å². The molecule has 0 aliphatic carbocycles. The minimum atomic E-state index is 0.280. The van der Waals surface area contributed by atoms with Crippen LogP contribution in [0.3, 0.4) is 0 Å². The van der Waals surface area contributed by atoms with Crippen LogP contribution in [0.4, 0.5) is 0 Å². The second kappa shape index (κ2) is 6.93. The number of hydrogen-bond acceptors (Lipinski definition) is 2. The summed E-state index contributed by atoms with van der Waals surface area (Å²) in [6.07, 6.45) is 3.74. The van der Waals surface area contributed by atoms with Gasteiger partial charge < -0.3 is 5.32 Å². The first-order valence-electron chi connectivity index (χ1n) is 8.52. The molecule has 0 spiro atoms. The first-order chi connectivity index (χ1) is 9.96. The topological polar surface area (TPSA) is 15.3 Å². The molecule has 1 saturated heterocycles. The molecular formula is C19H32N2. The minimum Gasteiger partial charge on any atom is -0.311 e. The summed E-state index contributed by atoms with van der Waals surface area (Å²) in [6, 6.07) is 7.61. The van der Waals surface area contributed by atoms with Crippen molar-refractivity contribution in [2.75, 3.05) is 13.1 Å². The van der Waals surface area contributed by atoms with Crippen molar-refractivity contribution in [1.29, 1.82) is 0 Å². The van der Waals surface area contributed by atoms with E-state index < -0.39 is 0 Å². The molecule has 2 nitrogen and oxygen atoms in total. The van der Waals surface area contributed by atoms with Crippen molar-refractivity contribution in [1.82, 2.24) is 10.2 Å². The number of aryl methyl sites for hydroxylation is 2. The fourth-order valence-electron chi connectivity index (χ4n) is 3.55. The smallest absolute Gasteiger partial charge is 0.0307 e. The van der Waals surface area contributed by atoms with Crippen LogP contribution in [0.5, 0.6) is 0 Å². The molecule has 2 rings (SSSR count). The van der Waals surface area contributed by atoms with E-state index in [0.717, 1.165) is 13.1 Å². The van der Waals surface area contributed by atoms with E-state index in [1.165, 1.54) is 42.5 Å². The number of rotatable bonds is 5. The molecule has 0 aromatic heterocycles. The van der Waals surface area contributed by atoms with Gasteiger partial charge >= 0.3 is 0 Å². The molecule has 1 aliphatic rings. The normalized spacial score (nSPS) is 27.0. The monoisotopic (exact) mass is 288 g/mol. The largest absolute Gasteiger partial charge is 0.311 e. The van der Waals surface area contributed by atoms with Gasteiger partial charge in [0.1, 0.15) is 0 Å². The molecule has 1 aliphatic heterocycles. The van der Waals surface area contributed by atoms with Crippen LogP contribution in [0.15, 0.2) is 18.2 Å². The van der Waals surface area contributed by atoms with E-state index in [-0.39, 0.29) is 5.54 Å². The van der Waals surface area contributed by atoms with Crippen molar-refractivity contribution in [2.45, 2.75) is 72.0 Å². The third-order valence-corrected chi connectivity index (χ3v) is 5.03. The summed E-state index contributed by atoms with van der Waals surface area (Å²) in [5.41, 5.74) is 4.50. The molecule has 1 fully saturated rings. The summed E-state index contributed by atoms with van der Waals surface area (Å²) in [5.74, 6) is 0. The van der Waals surface area contributed by atoms with Gasteiger partial charge in [0.05, 0.1) is 0 Å². The van der Waals surface area contributed by atoms with Gasteiger partial charge in [0.25, 0.3) is 0 Å². The van der Waals surface area contributed by atoms with Gasteiger partial charge in [-0.3, -0.25) is 4.90 Å². The van der Waals surface area contributed by atoms with Crippen LogP contribution < -0.4 is 5.32 Å². The van der Waals surface area contributed by atoms with E-state index in [9.17, 15) is 0 Å². The molecule has 2 atom stereocenters. The zero-order valence-corrected chi connectivity index (χ0v) is 14.5. The van der Waals surface area contributed by atoms with Crippen molar-refractivity contribution in [3.63, 3.8) is 0 Å². The maximum Gasteiger partial charge on any atom is 0.0307 e. The molecule has 1 heterocycles. The van der Waals surface area contributed by atoms with Gasteiger partial charge in [-0.15, -0.1) is 0 Å². The lowest BCUT2D eigenvalue weighted by molar-refractivity contribution is 0.0396. The first-order valence-corrected chi connectivity index (χ1v) is 8.52. The summed E-state index contributed by atoms with van der Waals surface area (Å²) >= 11 is 0. The summed E-state index contributed by atoms with van der Waals surface area (Å²) < 4.78 is 0. The van der Waals surface area contributed by atoms with Crippen LogP contribution in [0, 0.1) is 13.8 Å². The first kappa shape index (κ1) is 16.5. The molecule has 21 heavy (non-hydrogen) atoms. The second-order valence-corrected chi connectivity index (χ2v) is 7.09. The molecule has 2 unspecified atom stereocenters. The average molecular weight is 288 g/mol. The van der Waals surface area contributed by atoms with Crippen LogP contribution in [-0.4, -0.2) is 29.6 Å². The molecule has 0 bridgehead atoms. The quantitative estimate of drug-likeness (QED) is 0.879. The summed E-state index contributed by atoms with van der Waals surface area (Å²) in [7, 11) is 0. The Morgan fingerprint density at radius 2 is 1.86 bits per heavy atom. The molecule has 0 radical (unpaired) electrons. The van der Waals surface area contributed by atoms with Crippen LogP contribution in [0.25, 0.3) is 0 Å². The Balaban J connectivity index is 2.15. The van der Waals surface area contributed by atoms with E-state index >= 15 is 0 Å². The van der Waals surface area contributed by atoms with Crippen molar-refractivity contribution in [3.05, 3.63) is 34.9 Å². The standard InChI is InChI=1S/C19H32N2/c1-6-8-18-13-21(19(5,7-2)14-20-18)12-17-10-15(3)9-16(4)11-17/h9-11,18,20H,6-8,12-14H2,1-5H3. The molecule has 1 aromatic rings. The Labute approximate surface area is 130 Å². The molecule has 1 aromatic carbocycles. The van der Waals surface area contributed by atoms with Crippen LogP contribution in [0.1, 0.15) is 56.7 Å². The Morgan fingerprint density at radius 1 is 1.19 bits per heavy atom. The molecule has 2 heteroatoms. The zero-order chi connectivity index (χ0) is 15.5. The lowest BCUT2D eigenvalue weighted by Crippen LogP contribution is -2.62. The third-order valence-electron chi connectivity index (χ3n) is 5.03. The van der Waals surface area contributed by atoms with Gasteiger partial charge in [0.15, 0.2) is 0 Å². The Morgan fingerprint density at radius 3 is 2.43 bits per heavy atom. The van der Waals surface area contributed by atoms with Gasteiger partial charge in [0.2, 0.25) is 0 Å². The van der Waals surface area contributed by atoms with E-state index in [4.69, 9.17) is 0 Å². The summed E-state index contributed by atoms with van der Waals surface area (Å²) in [4.78, 5) is 2.71. The lowest BCUT2D eigenvalue weighted by atomic mass is 9.90. The van der Waals surface area contributed by atoms with Gasteiger partial charge in [-0.2, -0.15) is 0 Å². The highest BCUT2D eigenvalue weighted by Crippen LogP contribution is 2.26. The number of nitrogens with one attached hydrogen (secondary N) is 1. The summed E-state index contributed by atoms with van der Waals surface area (Å²) in [5, 5.41) is 3.76. The number of benzene rings is 1. The predicted octanol–water partition coefficient (Wildman–Crippen LogP) is 4.05. The minimum absolute atomic E-state index is 0.280. The van der Waals surface area contributed by atoms with E-state index in [1.54, 1.807) is 0 Å². The highest BCUT2D eigenvalue weighted by atomic mass is 15.3. The fourth-order valence-corrected chi connectivity index (χ4v) is 3.55. The molecule has 1 N–H and O–H groups in total. The van der Waals surface area contributed by atoms with Crippen LogP contribution in [-0.2, 0) is 6.54 Å². The number of hydrogen-bond donors (Lipinski definition) is 1. The van der Waals surface area contributed by atoms with Crippen molar-refractivity contribution >= 4 is 0 Å². The van der Waals surface area contributed by atoms with Crippen LogP contribution >= 0.6 is 0 Å². The molecule has 0 saturated carbocycles. The Bertz CT molecular complexity index is 448. The van der Waals surface area contributed by atoms with Gasteiger partial charge in [-0.25, -0.2) is 0 Å². The predicted molar refractivity (Wildman–Crippen MR) is 91.7 cm³/mol. The van der Waals surface area contributed by atoms with E-state index in [2.05, 4.69) is 63.0 Å². The fraction of sp³-hybridized carbons (Fsp3) is 0.684. The van der Waals surface area contributed by atoms with E-state index in [1.807, 2.05) is 0 Å². The SMILES string of the molecule is CCCC1CN(Cc2cc(C)cc(C)c2)C(C)(CC)CN1. The van der Waals surface area contributed by atoms with Gasteiger partial charge in [-0.1, -0.05) is 49.6 Å². The van der Waals surface area contributed by atoms with Crippen LogP contribution in [0.2, 0.25) is 0 Å². The molecule has 118 valence electrons. The Hall–Kier alpha value is -0.860. The number of piperazine rings is 1. The van der Waals surface area contributed by atoms with Crippen molar-refractivity contribution in [3.8, 4) is 0 Å². The highest BCUT2D eigenvalue weighted by molar-refractivity contribution is 5.28. The lowest BCUT2D eigenvalue weighted by Gasteiger charge is -2.48. The second-order valence-electron chi connectivity index (χ2n) is 7.09. The van der Waals surface area contributed by atoms with Gasteiger partial charge in [-0.05, 0) is 39.2 Å². The number of nitrogens with zero attached hydrogens (tertiary/aromatic N) is 1. The Kier molecular flexibility index (Phi) is 5.45. The third kappa shape index (κ3) is 4.08. The maximum absolute atomic E-state index is 3.76. The zero-order valence-electron chi connectivity index (χ0n) is 14.5.